The number of nitrogens with two attached hydrogens (primary N) is 2. The third-order valence-electron chi connectivity index (χ3n) is 2.11. The van der Waals surface area contributed by atoms with Gasteiger partial charge in [-0.05, 0) is 17.7 Å². The Kier molecular flexibility index (Phi) is 4.36. The molecule has 6 nitrogen and oxygen atoms in total. The van der Waals surface area contributed by atoms with Crippen molar-refractivity contribution < 1.29 is 15.0 Å². The average Bonchev–Trinajstić information content (AvgIpc) is 2.26. The number of aromatic hydroxyl groups is 1. The number of hydrogen-bond donors (Lipinski definition) is 5. The first-order chi connectivity index (χ1) is 7.91. The van der Waals surface area contributed by atoms with Crippen LogP contribution in [-0.4, -0.2) is 21.4 Å². The summed E-state index contributed by atoms with van der Waals surface area (Å²) in [6.07, 6.45) is 0. The van der Waals surface area contributed by atoms with Crippen LogP contribution >= 0.6 is 11.8 Å². The van der Waals surface area contributed by atoms with Crippen LogP contribution in [0, 0.1) is 5.41 Å². The second kappa shape index (κ2) is 5.55. The van der Waals surface area contributed by atoms with Crippen molar-refractivity contribution in [3.8, 4) is 5.75 Å². The van der Waals surface area contributed by atoms with Gasteiger partial charge < -0.3 is 21.7 Å². The summed E-state index contributed by atoms with van der Waals surface area (Å²) in [6, 6.07) is 3.21. The number of amidine groups is 1. The van der Waals surface area contributed by atoms with Gasteiger partial charge in [-0.15, -0.1) is 0 Å². The second-order valence-corrected chi connectivity index (χ2v) is 4.37. The number of phenolic OH excluding ortho intramolecular Hbond substituents is 1. The minimum Gasteiger partial charge on any atom is -0.508 e. The standard InChI is InChI=1S/C10H13N3O3S/c11-8(9(15)16)5-1-2-7(14)6(3-5)4-17-10(12)13/h1-3,8,14H,4,11H2,(H3,12,13)(H,15,16). The molecule has 0 aromatic heterocycles. The Bertz CT molecular complexity index is 450. The third kappa shape index (κ3) is 3.65. The molecule has 0 aliphatic rings. The van der Waals surface area contributed by atoms with Gasteiger partial charge in [0.25, 0.3) is 0 Å². The molecule has 0 bridgehead atoms. The summed E-state index contributed by atoms with van der Waals surface area (Å²) in [4.78, 5) is 10.7. The van der Waals surface area contributed by atoms with E-state index in [9.17, 15) is 9.90 Å². The normalized spacial score (nSPS) is 12.1. The van der Waals surface area contributed by atoms with Crippen LogP contribution in [-0.2, 0) is 10.5 Å². The molecule has 1 aromatic rings. The molecule has 7 heteroatoms. The number of hydrogen-bond acceptors (Lipinski definition) is 5. The highest BCUT2D eigenvalue weighted by molar-refractivity contribution is 8.13. The average molecular weight is 255 g/mol. The Hall–Kier alpha value is -1.73. The predicted octanol–water partition coefficient (Wildman–Crippen LogP) is 0.603. The second-order valence-electron chi connectivity index (χ2n) is 3.36. The van der Waals surface area contributed by atoms with Gasteiger partial charge in [-0.1, -0.05) is 17.8 Å². The van der Waals surface area contributed by atoms with E-state index < -0.39 is 12.0 Å². The van der Waals surface area contributed by atoms with Crippen LogP contribution < -0.4 is 11.5 Å². The number of aliphatic carboxylic acids is 1. The number of carboxylic acid groups (broad SMARTS) is 1. The smallest absolute Gasteiger partial charge is 0.325 e. The summed E-state index contributed by atoms with van der Waals surface area (Å²) >= 11 is 1.04. The highest BCUT2D eigenvalue weighted by Crippen LogP contribution is 2.25. The van der Waals surface area contributed by atoms with Crippen molar-refractivity contribution in [2.75, 3.05) is 0 Å². The summed E-state index contributed by atoms with van der Waals surface area (Å²) < 4.78 is 0. The van der Waals surface area contributed by atoms with Gasteiger partial charge in [0.05, 0.1) is 0 Å². The molecule has 0 aliphatic heterocycles. The van der Waals surface area contributed by atoms with Gasteiger partial charge in [0.15, 0.2) is 5.17 Å². The van der Waals surface area contributed by atoms with Crippen LogP contribution in [0.3, 0.4) is 0 Å². The number of rotatable bonds is 4. The lowest BCUT2D eigenvalue weighted by Crippen LogP contribution is -2.20. The van der Waals surface area contributed by atoms with Gasteiger partial charge in [0.1, 0.15) is 11.8 Å². The number of benzene rings is 1. The Balaban J connectivity index is 2.93. The molecule has 1 unspecified atom stereocenters. The molecule has 0 amide bonds. The molecule has 1 atom stereocenters. The maximum Gasteiger partial charge on any atom is 0.325 e. The van der Waals surface area contributed by atoms with E-state index in [0.717, 1.165) is 11.8 Å². The topological polar surface area (TPSA) is 133 Å². The van der Waals surface area contributed by atoms with Crippen molar-refractivity contribution in [1.29, 1.82) is 5.41 Å². The lowest BCUT2D eigenvalue weighted by atomic mass is 10.0. The lowest BCUT2D eigenvalue weighted by molar-refractivity contribution is -0.138. The van der Waals surface area contributed by atoms with Gasteiger partial charge in [-0.3, -0.25) is 10.2 Å². The van der Waals surface area contributed by atoms with E-state index >= 15 is 0 Å². The Morgan fingerprint density at radius 2 is 2.18 bits per heavy atom. The van der Waals surface area contributed by atoms with E-state index in [1.165, 1.54) is 18.2 Å². The number of nitrogens with one attached hydrogen (secondary N) is 1. The van der Waals surface area contributed by atoms with Crippen molar-refractivity contribution in [3.05, 3.63) is 29.3 Å². The summed E-state index contributed by atoms with van der Waals surface area (Å²) in [5, 5.41) is 25.3. The van der Waals surface area contributed by atoms with Crippen molar-refractivity contribution in [2.45, 2.75) is 11.8 Å². The molecule has 1 rings (SSSR count). The van der Waals surface area contributed by atoms with Gasteiger partial charge in [-0.25, -0.2) is 0 Å². The largest absolute Gasteiger partial charge is 0.508 e. The monoisotopic (exact) mass is 255 g/mol. The fourth-order valence-corrected chi connectivity index (χ4v) is 1.75. The van der Waals surface area contributed by atoms with Gasteiger partial charge in [0, 0.05) is 11.3 Å². The molecular formula is C10H13N3O3S. The Morgan fingerprint density at radius 3 is 2.71 bits per heavy atom. The maximum atomic E-state index is 10.7. The molecule has 0 saturated carbocycles. The molecule has 0 radical (unpaired) electrons. The van der Waals surface area contributed by atoms with Gasteiger partial charge in [-0.2, -0.15) is 0 Å². The van der Waals surface area contributed by atoms with Crippen molar-refractivity contribution in [2.24, 2.45) is 11.5 Å². The zero-order valence-electron chi connectivity index (χ0n) is 8.88. The summed E-state index contributed by atoms with van der Waals surface area (Å²) in [5.74, 6) is -0.817. The first kappa shape index (κ1) is 13.3. The van der Waals surface area contributed by atoms with Gasteiger partial charge in [0.2, 0.25) is 0 Å². The molecule has 7 N–H and O–H groups in total. The SMILES string of the molecule is N=C(N)SCc1cc(C(N)C(=O)O)ccc1O. The summed E-state index contributed by atoms with van der Waals surface area (Å²) in [5.41, 5.74) is 11.5. The first-order valence-corrected chi connectivity index (χ1v) is 5.67. The first-order valence-electron chi connectivity index (χ1n) is 4.69. The van der Waals surface area contributed by atoms with E-state index in [1.807, 2.05) is 0 Å². The number of carboxylic acids is 1. The van der Waals surface area contributed by atoms with E-state index in [2.05, 4.69) is 0 Å². The predicted molar refractivity (Wildman–Crippen MR) is 65.9 cm³/mol. The van der Waals surface area contributed by atoms with Crippen LogP contribution in [0.2, 0.25) is 0 Å². The minimum atomic E-state index is -1.14. The van der Waals surface area contributed by atoms with E-state index in [-0.39, 0.29) is 10.9 Å². The molecule has 92 valence electrons. The number of phenols is 1. The minimum absolute atomic E-state index is 0.0279. The molecule has 0 heterocycles. The zero-order valence-corrected chi connectivity index (χ0v) is 9.70. The van der Waals surface area contributed by atoms with Crippen LogP contribution in [0.5, 0.6) is 5.75 Å². The van der Waals surface area contributed by atoms with Crippen molar-refractivity contribution in [1.82, 2.24) is 0 Å². The summed E-state index contributed by atoms with van der Waals surface area (Å²) in [7, 11) is 0. The highest BCUT2D eigenvalue weighted by atomic mass is 32.2. The molecule has 17 heavy (non-hydrogen) atoms. The van der Waals surface area contributed by atoms with Crippen molar-refractivity contribution >= 4 is 22.9 Å². The molecule has 1 aromatic carbocycles. The Labute approximate surface area is 102 Å². The quantitative estimate of drug-likeness (QED) is 0.395. The van der Waals surface area contributed by atoms with E-state index in [0.29, 0.717) is 16.9 Å². The van der Waals surface area contributed by atoms with Crippen LogP contribution in [0.1, 0.15) is 17.2 Å². The molecular weight excluding hydrogens is 242 g/mol. The molecule has 0 fully saturated rings. The molecule has 0 saturated heterocycles. The maximum absolute atomic E-state index is 10.7. The zero-order chi connectivity index (χ0) is 13.0. The fourth-order valence-electron chi connectivity index (χ4n) is 1.21. The highest BCUT2D eigenvalue weighted by Gasteiger charge is 2.15. The number of thioether (sulfide) groups is 1. The molecule has 0 aliphatic carbocycles. The van der Waals surface area contributed by atoms with Crippen LogP contribution in [0.25, 0.3) is 0 Å². The number of carbonyl (C=O) groups is 1. The van der Waals surface area contributed by atoms with E-state index in [4.69, 9.17) is 22.0 Å². The van der Waals surface area contributed by atoms with Gasteiger partial charge >= 0.3 is 5.97 Å². The fraction of sp³-hybridized carbons (Fsp3) is 0.200. The molecule has 0 spiro atoms. The third-order valence-corrected chi connectivity index (χ3v) is 2.88. The Morgan fingerprint density at radius 1 is 1.53 bits per heavy atom. The van der Waals surface area contributed by atoms with Crippen molar-refractivity contribution in [3.63, 3.8) is 0 Å². The van der Waals surface area contributed by atoms with Crippen LogP contribution in [0.15, 0.2) is 18.2 Å². The van der Waals surface area contributed by atoms with E-state index in [1.54, 1.807) is 0 Å². The lowest BCUT2D eigenvalue weighted by Gasteiger charge is -2.10. The summed E-state index contributed by atoms with van der Waals surface area (Å²) in [6.45, 7) is 0. The van der Waals surface area contributed by atoms with Crippen LogP contribution in [0.4, 0.5) is 0 Å².